The first-order valence-electron chi connectivity index (χ1n) is 6.80. The summed E-state index contributed by atoms with van der Waals surface area (Å²) in [7, 11) is 0. The van der Waals surface area contributed by atoms with E-state index in [1.165, 1.54) is 6.07 Å². The van der Waals surface area contributed by atoms with Crippen molar-refractivity contribution in [1.82, 2.24) is 4.90 Å². The van der Waals surface area contributed by atoms with E-state index in [0.717, 1.165) is 18.4 Å². The highest BCUT2D eigenvalue weighted by atomic mass is 19.1. The highest BCUT2D eigenvalue weighted by Crippen LogP contribution is 2.22. The van der Waals surface area contributed by atoms with Gasteiger partial charge in [-0.15, -0.1) is 0 Å². The van der Waals surface area contributed by atoms with Crippen molar-refractivity contribution in [3.05, 3.63) is 35.1 Å². The van der Waals surface area contributed by atoms with Gasteiger partial charge in [0, 0.05) is 19.1 Å². The van der Waals surface area contributed by atoms with Gasteiger partial charge in [-0.2, -0.15) is 0 Å². The van der Waals surface area contributed by atoms with Gasteiger partial charge in [0.1, 0.15) is 5.82 Å². The first kappa shape index (κ1) is 14.0. The van der Waals surface area contributed by atoms with Crippen molar-refractivity contribution in [2.75, 3.05) is 13.1 Å². The molecule has 1 saturated heterocycles. The van der Waals surface area contributed by atoms with Crippen LogP contribution in [0.1, 0.15) is 35.7 Å². The average molecular weight is 264 g/mol. The summed E-state index contributed by atoms with van der Waals surface area (Å²) in [4.78, 5) is 14.0. The van der Waals surface area contributed by atoms with Crippen LogP contribution in [0.4, 0.5) is 4.39 Å². The molecule has 2 rings (SSSR count). The van der Waals surface area contributed by atoms with Gasteiger partial charge in [0.15, 0.2) is 0 Å². The number of carbonyl (C=O) groups excluding carboxylic acids is 1. The Morgan fingerprint density at radius 2 is 2.05 bits per heavy atom. The number of piperidine rings is 1. The summed E-state index contributed by atoms with van der Waals surface area (Å²) in [5, 5.41) is 0. The molecule has 1 aromatic carbocycles. The molecule has 0 aromatic heterocycles. The molecule has 1 atom stereocenters. The van der Waals surface area contributed by atoms with Crippen molar-refractivity contribution >= 4 is 5.91 Å². The van der Waals surface area contributed by atoms with Crippen LogP contribution < -0.4 is 5.73 Å². The van der Waals surface area contributed by atoms with E-state index in [2.05, 4.69) is 0 Å². The summed E-state index contributed by atoms with van der Waals surface area (Å²) in [6.07, 6.45) is 1.80. The Labute approximate surface area is 113 Å². The Bertz CT molecular complexity index is 465. The summed E-state index contributed by atoms with van der Waals surface area (Å²) in [5.41, 5.74) is 6.96. The fraction of sp³-hybridized carbons (Fsp3) is 0.533. The van der Waals surface area contributed by atoms with Crippen molar-refractivity contribution in [1.29, 1.82) is 0 Å². The number of likely N-dealkylation sites (tertiary alicyclic amines) is 1. The minimum absolute atomic E-state index is 0.160. The predicted octanol–water partition coefficient (Wildman–Crippen LogP) is 2.33. The maximum atomic E-state index is 13.7. The quantitative estimate of drug-likeness (QED) is 0.891. The Kier molecular flexibility index (Phi) is 4.20. The normalized spacial score (nSPS) is 18.4. The number of carbonyl (C=O) groups is 1. The molecule has 1 aromatic rings. The zero-order valence-electron chi connectivity index (χ0n) is 11.5. The topological polar surface area (TPSA) is 46.3 Å². The number of hydrogen-bond donors (Lipinski definition) is 1. The molecular formula is C15H21FN2O. The number of nitrogens with zero attached hydrogens (tertiary/aromatic N) is 1. The smallest absolute Gasteiger partial charge is 0.256 e. The second-order valence-electron chi connectivity index (χ2n) is 5.47. The van der Waals surface area contributed by atoms with Gasteiger partial charge >= 0.3 is 0 Å². The van der Waals surface area contributed by atoms with Gasteiger partial charge < -0.3 is 10.6 Å². The fourth-order valence-electron chi connectivity index (χ4n) is 2.60. The fourth-order valence-corrected chi connectivity index (χ4v) is 2.60. The lowest BCUT2D eigenvalue weighted by Gasteiger charge is -2.33. The van der Waals surface area contributed by atoms with Crippen LogP contribution in [0.2, 0.25) is 0 Å². The number of amides is 1. The van der Waals surface area contributed by atoms with E-state index in [9.17, 15) is 9.18 Å². The van der Waals surface area contributed by atoms with Crippen molar-refractivity contribution in [2.45, 2.75) is 32.7 Å². The van der Waals surface area contributed by atoms with Crippen LogP contribution in [-0.4, -0.2) is 29.9 Å². The molecule has 1 fully saturated rings. The Morgan fingerprint density at radius 3 is 2.63 bits per heavy atom. The molecule has 1 aliphatic heterocycles. The molecule has 2 N–H and O–H groups in total. The number of aryl methyl sites for hydroxylation is 1. The summed E-state index contributed by atoms with van der Waals surface area (Å²) in [6.45, 7) is 5.19. The molecule has 1 aliphatic rings. The number of nitrogens with two attached hydrogens (primary N) is 1. The first-order valence-corrected chi connectivity index (χ1v) is 6.80. The van der Waals surface area contributed by atoms with E-state index in [-0.39, 0.29) is 17.5 Å². The van der Waals surface area contributed by atoms with Crippen LogP contribution >= 0.6 is 0 Å². The highest BCUT2D eigenvalue weighted by Gasteiger charge is 2.26. The molecule has 0 bridgehead atoms. The number of halogens is 1. The monoisotopic (exact) mass is 264 g/mol. The standard InChI is InChI=1S/C15H21FN2O/c1-10-3-4-14(16)13(9-10)15(19)18-7-5-12(6-8-18)11(2)17/h3-4,9,11-12H,5-8,17H2,1-2H3. The SMILES string of the molecule is Cc1ccc(F)c(C(=O)N2CCC(C(C)N)CC2)c1. The van der Waals surface area contributed by atoms with Gasteiger partial charge in [0.05, 0.1) is 5.56 Å². The third kappa shape index (κ3) is 3.13. The van der Waals surface area contributed by atoms with Crippen LogP contribution in [0.5, 0.6) is 0 Å². The lowest BCUT2D eigenvalue weighted by molar-refractivity contribution is 0.0676. The second kappa shape index (κ2) is 5.70. The maximum absolute atomic E-state index is 13.7. The average Bonchev–Trinajstić information content (AvgIpc) is 2.41. The van der Waals surface area contributed by atoms with Gasteiger partial charge in [0.2, 0.25) is 0 Å². The molecule has 0 saturated carbocycles. The van der Waals surface area contributed by atoms with Crippen molar-refractivity contribution < 1.29 is 9.18 Å². The molecule has 1 unspecified atom stereocenters. The van der Waals surface area contributed by atoms with E-state index >= 15 is 0 Å². The van der Waals surface area contributed by atoms with Crippen LogP contribution in [0.15, 0.2) is 18.2 Å². The molecular weight excluding hydrogens is 243 g/mol. The maximum Gasteiger partial charge on any atom is 0.256 e. The minimum Gasteiger partial charge on any atom is -0.339 e. The first-order chi connectivity index (χ1) is 8.99. The molecule has 19 heavy (non-hydrogen) atoms. The van der Waals surface area contributed by atoms with Gasteiger partial charge in [-0.25, -0.2) is 4.39 Å². The highest BCUT2D eigenvalue weighted by molar-refractivity contribution is 5.94. The number of hydrogen-bond acceptors (Lipinski definition) is 2. The summed E-state index contributed by atoms with van der Waals surface area (Å²) in [6, 6.07) is 4.81. The van der Waals surface area contributed by atoms with E-state index < -0.39 is 5.82 Å². The number of benzene rings is 1. The molecule has 1 heterocycles. The van der Waals surface area contributed by atoms with Crippen LogP contribution in [-0.2, 0) is 0 Å². The number of rotatable bonds is 2. The second-order valence-corrected chi connectivity index (χ2v) is 5.47. The molecule has 4 heteroatoms. The zero-order valence-corrected chi connectivity index (χ0v) is 11.5. The summed E-state index contributed by atoms with van der Waals surface area (Å²) >= 11 is 0. The summed E-state index contributed by atoms with van der Waals surface area (Å²) < 4.78 is 13.7. The Balaban J connectivity index is 2.07. The van der Waals surface area contributed by atoms with E-state index in [4.69, 9.17) is 5.73 Å². The van der Waals surface area contributed by atoms with E-state index in [1.807, 2.05) is 13.8 Å². The van der Waals surface area contributed by atoms with Gasteiger partial charge in [-0.05, 0) is 44.7 Å². The van der Waals surface area contributed by atoms with Crippen LogP contribution in [0, 0.1) is 18.7 Å². The van der Waals surface area contributed by atoms with Crippen LogP contribution in [0.25, 0.3) is 0 Å². The van der Waals surface area contributed by atoms with E-state index in [1.54, 1.807) is 17.0 Å². The predicted molar refractivity (Wildman–Crippen MR) is 73.4 cm³/mol. The minimum atomic E-state index is -0.440. The molecule has 0 spiro atoms. The van der Waals surface area contributed by atoms with Crippen molar-refractivity contribution in [3.63, 3.8) is 0 Å². The van der Waals surface area contributed by atoms with E-state index in [0.29, 0.717) is 19.0 Å². The molecule has 0 aliphatic carbocycles. The molecule has 1 amide bonds. The molecule has 3 nitrogen and oxygen atoms in total. The van der Waals surface area contributed by atoms with Gasteiger partial charge in [-0.1, -0.05) is 11.6 Å². The lowest BCUT2D eigenvalue weighted by Crippen LogP contribution is -2.42. The van der Waals surface area contributed by atoms with Gasteiger partial charge in [0.25, 0.3) is 5.91 Å². The van der Waals surface area contributed by atoms with Gasteiger partial charge in [-0.3, -0.25) is 4.79 Å². The summed E-state index contributed by atoms with van der Waals surface area (Å²) in [5.74, 6) is -0.180. The van der Waals surface area contributed by atoms with Crippen molar-refractivity contribution in [3.8, 4) is 0 Å². The Morgan fingerprint density at radius 1 is 1.42 bits per heavy atom. The lowest BCUT2D eigenvalue weighted by atomic mass is 9.90. The zero-order chi connectivity index (χ0) is 14.0. The van der Waals surface area contributed by atoms with Crippen molar-refractivity contribution in [2.24, 2.45) is 11.7 Å². The molecule has 0 radical (unpaired) electrons. The van der Waals surface area contributed by atoms with Crippen LogP contribution in [0.3, 0.4) is 0 Å². The largest absolute Gasteiger partial charge is 0.339 e. The third-order valence-electron chi connectivity index (χ3n) is 3.92. The Hall–Kier alpha value is -1.42. The third-order valence-corrected chi connectivity index (χ3v) is 3.92. The molecule has 104 valence electrons.